The molecule has 0 radical (unpaired) electrons. The molecule has 1 aliphatic heterocycles. The lowest BCUT2D eigenvalue weighted by atomic mass is 9.98. The van der Waals surface area contributed by atoms with Gasteiger partial charge in [0, 0.05) is 18.9 Å². The quantitative estimate of drug-likeness (QED) is 0.480. The van der Waals surface area contributed by atoms with Gasteiger partial charge < -0.3 is 19.9 Å². The summed E-state index contributed by atoms with van der Waals surface area (Å²) in [5.41, 5.74) is 1.08. The Morgan fingerprint density at radius 2 is 1.91 bits per heavy atom. The zero-order valence-electron chi connectivity index (χ0n) is 17.9. The number of hydrogen-bond acceptors (Lipinski definition) is 7. The Balaban J connectivity index is 1.48. The number of methoxy groups -OCH3 is 1. The van der Waals surface area contributed by atoms with Crippen molar-refractivity contribution in [2.75, 3.05) is 20.3 Å². The average Bonchev–Trinajstić information content (AvgIpc) is 2.80. The van der Waals surface area contributed by atoms with Gasteiger partial charge in [0.25, 0.3) is 0 Å². The van der Waals surface area contributed by atoms with Crippen molar-refractivity contribution in [2.24, 2.45) is 0 Å². The molecule has 2 heterocycles. The number of benzene rings is 1. The van der Waals surface area contributed by atoms with E-state index in [1.165, 1.54) is 19.2 Å². The van der Waals surface area contributed by atoms with Crippen molar-refractivity contribution in [1.29, 1.82) is 0 Å². The van der Waals surface area contributed by atoms with Crippen molar-refractivity contribution in [3.05, 3.63) is 54.4 Å². The highest BCUT2D eigenvalue weighted by Crippen LogP contribution is 2.24. The number of carbonyl (C=O) groups excluding carboxylic acids is 1. The van der Waals surface area contributed by atoms with Crippen LogP contribution in [-0.2, 0) is 26.0 Å². The molecule has 32 heavy (non-hydrogen) atoms. The van der Waals surface area contributed by atoms with Crippen molar-refractivity contribution in [2.45, 2.75) is 48.8 Å². The van der Waals surface area contributed by atoms with E-state index in [1.807, 2.05) is 12.1 Å². The SMILES string of the molecule is COc1ccc(S(=O)(=O)N[C@@H]2CC[C@@H](CC(=O)NCCc3ccncc3)O[C@H]2CO)cc1. The first kappa shape index (κ1) is 24.1. The molecule has 1 amide bonds. The van der Waals surface area contributed by atoms with E-state index in [0.717, 1.165) is 5.56 Å². The lowest BCUT2D eigenvalue weighted by Gasteiger charge is -2.35. The fourth-order valence-corrected chi connectivity index (χ4v) is 4.91. The van der Waals surface area contributed by atoms with Gasteiger partial charge in [-0.3, -0.25) is 9.78 Å². The smallest absolute Gasteiger partial charge is 0.240 e. The predicted octanol–water partition coefficient (Wildman–Crippen LogP) is 1.03. The molecule has 9 nitrogen and oxygen atoms in total. The molecular weight excluding hydrogens is 434 g/mol. The summed E-state index contributed by atoms with van der Waals surface area (Å²) in [7, 11) is -2.28. The van der Waals surface area contributed by atoms with E-state index in [4.69, 9.17) is 9.47 Å². The Hall–Kier alpha value is -2.53. The fraction of sp³-hybridized carbons (Fsp3) is 0.455. The topological polar surface area (TPSA) is 127 Å². The minimum absolute atomic E-state index is 0.102. The van der Waals surface area contributed by atoms with Crippen LogP contribution in [0.15, 0.2) is 53.7 Å². The lowest BCUT2D eigenvalue weighted by molar-refractivity contribution is -0.130. The van der Waals surface area contributed by atoms with Gasteiger partial charge in [-0.15, -0.1) is 0 Å². The van der Waals surface area contributed by atoms with Crippen LogP contribution in [0.2, 0.25) is 0 Å². The number of ether oxygens (including phenoxy) is 2. The van der Waals surface area contributed by atoms with Crippen molar-refractivity contribution in [1.82, 2.24) is 15.0 Å². The van der Waals surface area contributed by atoms with E-state index in [2.05, 4.69) is 15.0 Å². The molecule has 2 aromatic rings. The Morgan fingerprint density at radius 1 is 1.19 bits per heavy atom. The van der Waals surface area contributed by atoms with Crippen LogP contribution in [0.3, 0.4) is 0 Å². The van der Waals surface area contributed by atoms with E-state index >= 15 is 0 Å². The van der Waals surface area contributed by atoms with Gasteiger partial charge in [-0.1, -0.05) is 0 Å². The van der Waals surface area contributed by atoms with Gasteiger partial charge in [0.05, 0.1) is 43.3 Å². The largest absolute Gasteiger partial charge is 0.497 e. The minimum Gasteiger partial charge on any atom is -0.497 e. The number of amides is 1. The molecule has 174 valence electrons. The number of aliphatic hydroxyl groups is 1. The van der Waals surface area contributed by atoms with Crippen molar-refractivity contribution >= 4 is 15.9 Å². The van der Waals surface area contributed by atoms with E-state index in [9.17, 15) is 18.3 Å². The van der Waals surface area contributed by atoms with Crippen LogP contribution in [0.25, 0.3) is 0 Å². The maximum atomic E-state index is 12.7. The molecule has 1 aromatic carbocycles. The van der Waals surface area contributed by atoms with Gasteiger partial charge in [-0.2, -0.15) is 0 Å². The van der Waals surface area contributed by atoms with Gasteiger partial charge >= 0.3 is 0 Å². The first-order chi connectivity index (χ1) is 15.4. The molecule has 0 saturated carbocycles. The van der Waals surface area contributed by atoms with Crippen LogP contribution in [0, 0.1) is 0 Å². The first-order valence-electron chi connectivity index (χ1n) is 10.5. The molecular formula is C22H29N3O6S. The summed E-state index contributed by atoms with van der Waals surface area (Å²) >= 11 is 0. The highest BCUT2D eigenvalue weighted by molar-refractivity contribution is 7.89. The van der Waals surface area contributed by atoms with E-state index in [1.54, 1.807) is 24.5 Å². The number of pyridine rings is 1. The van der Waals surface area contributed by atoms with Gasteiger partial charge in [0.15, 0.2) is 0 Å². The highest BCUT2D eigenvalue weighted by Gasteiger charge is 2.34. The molecule has 1 saturated heterocycles. The summed E-state index contributed by atoms with van der Waals surface area (Å²) in [5, 5.41) is 12.6. The summed E-state index contributed by atoms with van der Waals surface area (Å²) in [6.45, 7) is 0.152. The number of hydrogen-bond donors (Lipinski definition) is 3. The highest BCUT2D eigenvalue weighted by atomic mass is 32.2. The normalized spacial score (nSPS) is 21.1. The molecule has 10 heteroatoms. The van der Waals surface area contributed by atoms with Crippen molar-refractivity contribution in [3.63, 3.8) is 0 Å². The molecule has 0 spiro atoms. The third-order valence-corrected chi connectivity index (χ3v) is 6.88. The first-order valence-corrected chi connectivity index (χ1v) is 12.0. The third-order valence-electron chi connectivity index (χ3n) is 5.37. The Kier molecular flexibility index (Phi) is 8.57. The molecule has 0 aliphatic carbocycles. The van der Waals surface area contributed by atoms with Crippen molar-refractivity contribution < 1.29 is 27.8 Å². The van der Waals surface area contributed by atoms with Crippen LogP contribution < -0.4 is 14.8 Å². The maximum absolute atomic E-state index is 12.7. The molecule has 0 unspecified atom stereocenters. The molecule has 3 atom stereocenters. The number of nitrogens with one attached hydrogen (secondary N) is 2. The van der Waals surface area contributed by atoms with E-state index in [-0.39, 0.29) is 29.9 Å². The molecule has 1 fully saturated rings. The van der Waals surface area contributed by atoms with Gasteiger partial charge in [-0.25, -0.2) is 13.1 Å². The number of rotatable bonds is 10. The van der Waals surface area contributed by atoms with Crippen LogP contribution >= 0.6 is 0 Å². The molecule has 3 rings (SSSR count). The van der Waals surface area contributed by atoms with Gasteiger partial charge in [-0.05, 0) is 61.2 Å². The van der Waals surface area contributed by atoms with E-state index < -0.39 is 22.2 Å². The summed E-state index contributed by atoms with van der Waals surface area (Å²) in [4.78, 5) is 16.3. The summed E-state index contributed by atoms with van der Waals surface area (Å²) in [5.74, 6) is 0.415. The predicted molar refractivity (Wildman–Crippen MR) is 118 cm³/mol. The summed E-state index contributed by atoms with van der Waals surface area (Å²) < 4.78 is 38.9. The van der Waals surface area contributed by atoms with Crippen molar-refractivity contribution in [3.8, 4) is 5.75 Å². The molecule has 3 N–H and O–H groups in total. The summed E-state index contributed by atoms with van der Waals surface area (Å²) in [6, 6.07) is 9.26. The number of carbonyl (C=O) groups is 1. The second-order valence-electron chi connectivity index (χ2n) is 7.62. The van der Waals surface area contributed by atoms with Crippen LogP contribution in [0.5, 0.6) is 5.75 Å². The average molecular weight is 464 g/mol. The van der Waals surface area contributed by atoms with Crippen LogP contribution in [-0.4, -0.2) is 62.9 Å². The summed E-state index contributed by atoms with van der Waals surface area (Å²) in [6.07, 6.45) is 4.13. The molecule has 0 bridgehead atoms. The Morgan fingerprint density at radius 3 is 2.56 bits per heavy atom. The second-order valence-corrected chi connectivity index (χ2v) is 9.33. The second kappa shape index (κ2) is 11.4. The Labute approximate surface area is 188 Å². The van der Waals surface area contributed by atoms with Crippen LogP contribution in [0.1, 0.15) is 24.8 Å². The molecule has 1 aromatic heterocycles. The number of nitrogens with zero attached hydrogens (tertiary/aromatic N) is 1. The zero-order valence-corrected chi connectivity index (χ0v) is 18.8. The fourth-order valence-electron chi connectivity index (χ4n) is 3.61. The minimum atomic E-state index is -3.79. The van der Waals surface area contributed by atoms with Gasteiger partial charge in [0.1, 0.15) is 5.75 Å². The third kappa shape index (κ3) is 6.73. The monoisotopic (exact) mass is 463 g/mol. The number of sulfonamides is 1. The van der Waals surface area contributed by atoms with E-state index in [0.29, 0.717) is 31.6 Å². The lowest BCUT2D eigenvalue weighted by Crippen LogP contribution is -2.51. The number of aromatic nitrogens is 1. The molecule has 1 aliphatic rings. The van der Waals surface area contributed by atoms with Crippen LogP contribution in [0.4, 0.5) is 0 Å². The zero-order chi connectivity index (χ0) is 23.0. The van der Waals surface area contributed by atoms with Gasteiger partial charge in [0.2, 0.25) is 15.9 Å². The Bertz CT molecular complexity index is 969. The number of aliphatic hydroxyl groups excluding tert-OH is 1. The standard InChI is InChI=1S/C22H29N3O6S/c1-30-17-2-5-19(6-3-17)32(28,29)25-20-7-4-18(31-21(20)15-26)14-22(27)24-13-10-16-8-11-23-12-9-16/h2-3,5-6,8-9,11-12,18,20-21,25-26H,4,7,10,13-15H2,1H3,(H,24,27)/t18-,20+,21-/m0/s1. The maximum Gasteiger partial charge on any atom is 0.240 e.